The van der Waals surface area contributed by atoms with E-state index in [1.54, 1.807) is 16.8 Å². The lowest BCUT2D eigenvalue weighted by Gasteiger charge is -2.13. The summed E-state index contributed by atoms with van der Waals surface area (Å²) in [5, 5.41) is 13.7. The first-order valence-electron chi connectivity index (χ1n) is 10.5. The Balaban J connectivity index is 1.55. The zero-order chi connectivity index (χ0) is 21.5. The highest BCUT2D eigenvalue weighted by molar-refractivity contribution is 6.15. The van der Waals surface area contributed by atoms with E-state index in [9.17, 15) is 9.59 Å². The molecule has 2 amide bonds. The second-order valence-electron chi connectivity index (χ2n) is 8.41. The third kappa shape index (κ3) is 4.01. The van der Waals surface area contributed by atoms with Crippen LogP contribution in [0, 0.1) is 0 Å². The van der Waals surface area contributed by atoms with Crippen molar-refractivity contribution in [2.45, 2.75) is 45.1 Å². The van der Waals surface area contributed by atoms with E-state index in [0.717, 1.165) is 24.3 Å². The Morgan fingerprint density at radius 2 is 2.06 bits per heavy atom. The van der Waals surface area contributed by atoms with Crippen LogP contribution in [0.15, 0.2) is 42.1 Å². The summed E-state index contributed by atoms with van der Waals surface area (Å²) in [6.45, 7) is 4.33. The summed E-state index contributed by atoms with van der Waals surface area (Å²) in [4.78, 5) is 28.3. The number of hydrogen-bond donors (Lipinski definition) is 3. The number of carbonyl (C=O) groups excluding carboxylic acids is 2. The van der Waals surface area contributed by atoms with E-state index in [0.29, 0.717) is 34.6 Å². The minimum atomic E-state index is -0.361. The molecule has 158 valence electrons. The summed E-state index contributed by atoms with van der Waals surface area (Å²) in [6, 6.07) is 10.7. The highest BCUT2D eigenvalue weighted by Gasteiger charge is 2.25. The molecule has 1 saturated carbocycles. The number of amides is 2. The minimum Gasteiger partial charge on any atom is -0.367 e. The summed E-state index contributed by atoms with van der Waals surface area (Å²) in [6.07, 6.45) is 5.70. The van der Waals surface area contributed by atoms with E-state index in [1.165, 1.54) is 5.56 Å². The standard InChI is InChI=1S/C23H24N6O2/c1-13(2)14-4-3-5-18(9-14)25-19-11-20(26-17-6-7-17)29-22(27-19)16(12-24-29)8-15-10-21(30)28-23(15)31/h3-5,8-9,11-13,17,26H,6-7,10H2,1-2H3,(H,25,27)(H,28,30,31). The van der Waals surface area contributed by atoms with Gasteiger partial charge in [0, 0.05) is 28.9 Å². The SMILES string of the molecule is CC(C)c1cccc(Nc2cc(NC3CC3)n3ncc(C=C4CC(=O)NC4=O)c3n2)c1. The van der Waals surface area contributed by atoms with Crippen molar-refractivity contribution in [2.24, 2.45) is 0 Å². The van der Waals surface area contributed by atoms with Crippen LogP contribution >= 0.6 is 0 Å². The maximum Gasteiger partial charge on any atom is 0.254 e. The molecule has 0 atom stereocenters. The van der Waals surface area contributed by atoms with Crippen molar-refractivity contribution in [3.63, 3.8) is 0 Å². The molecular formula is C23H24N6O2. The molecule has 5 rings (SSSR count). The van der Waals surface area contributed by atoms with Gasteiger partial charge < -0.3 is 10.6 Å². The normalized spacial score (nSPS) is 17.6. The number of anilines is 3. The second-order valence-corrected chi connectivity index (χ2v) is 8.41. The summed E-state index contributed by atoms with van der Waals surface area (Å²) in [7, 11) is 0. The van der Waals surface area contributed by atoms with E-state index in [4.69, 9.17) is 4.98 Å². The van der Waals surface area contributed by atoms with Crippen molar-refractivity contribution in [3.8, 4) is 0 Å². The molecule has 1 aliphatic carbocycles. The lowest BCUT2D eigenvalue weighted by atomic mass is 10.0. The predicted molar refractivity (Wildman–Crippen MR) is 119 cm³/mol. The lowest BCUT2D eigenvalue weighted by molar-refractivity contribution is -0.124. The Morgan fingerprint density at radius 1 is 1.23 bits per heavy atom. The average Bonchev–Trinajstić information content (AvgIpc) is 3.37. The summed E-state index contributed by atoms with van der Waals surface area (Å²) in [5.74, 6) is 1.30. The van der Waals surface area contributed by atoms with E-state index < -0.39 is 0 Å². The molecule has 0 bridgehead atoms. The number of aromatic nitrogens is 3. The van der Waals surface area contributed by atoms with Gasteiger partial charge in [0.15, 0.2) is 5.65 Å². The molecule has 0 spiro atoms. The fourth-order valence-electron chi connectivity index (χ4n) is 3.62. The molecule has 2 aliphatic rings. The first kappa shape index (κ1) is 19.3. The number of fused-ring (bicyclic) bond motifs is 1. The van der Waals surface area contributed by atoms with E-state index in [1.807, 2.05) is 18.2 Å². The molecule has 3 heterocycles. The van der Waals surface area contributed by atoms with Gasteiger partial charge in [-0.1, -0.05) is 26.0 Å². The van der Waals surface area contributed by atoms with Crippen molar-refractivity contribution >= 4 is 40.9 Å². The first-order valence-corrected chi connectivity index (χ1v) is 10.5. The quantitative estimate of drug-likeness (QED) is 0.419. The van der Waals surface area contributed by atoms with Crippen molar-refractivity contribution in [1.82, 2.24) is 19.9 Å². The number of nitrogens with zero attached hydrogens (tertiary/aromatic N) is 3. The maximum atomic E-state index is 12.0. The molecule has 31 heavy (non-hydrogen) atoms. The van der Waals surface area contributed by atoms with Crippen LogP contribution in [0.2, 0.25) is 0 Å². The van der Waals surface area contributed by atoms with E-state index in [-0.39, 0.29) is 18.2 Å². The van der Waals surface area contributed by atoms with Gasteiger partial charge in [0.1, 0.15) is 11.6 Å². The van der Waals surface area contributed by atoms with Gasteiger partial charge in [0.05, 0.1) is 12.6 Å². The van der Waals surface area contributed by atoms with Gasteiger partial charge in [0.2, 0.25) is 5.91 Å². The highest BCUT2D eigenvalue weighted by Crippen LogP contribution is 2.29. The number of carbonyl (C=O) groups is 2. The maximum absolute atomic E-state index is 12.0. The molecule has 0 unspecified atom stereocenters. The van der Waals surface area contributed by atoms with E-state index >= 15 is 0 Å². The van der Waals surface area contributed by atoms with Gasteiger partial charge in [-0.25, -0.2) is 4.98 Å². The number of rotatable bonds is 6. The molecular weight excluding hydrogens is 392 g/mol. The summed E-state index contributed by atoms with van der Waals surface area (Å²) in [5.41, 5.74) is 3.93. The zero-order valence-electron chi connectivity index (χ0n) is 17.5. The second kappa shape index (κ2) is 7.54. The Bertz CT molecular complexity index is 1220. The van der Waals surface area contributed by atoms with Gasteiger partial charge in [-0.2, -0.15) is 9.61 Å². The fraction of sp³-hybridized carbons (Fsp3) is 0.304. The van der Waals surface area contributed by atoms with Gasteiger partial charge in [-0.15, -0.1) is 0 Å². The van der Waals surface area contributed by atoms with Crippen LogP contribution in [0.4, 0.5) is 17.3 Å². The monoisotopic (exact) mass is 416 g/mol. The third-order valence-electron chi connectivity index (χ3n) is 5.48. The molecule has 3 N–H and O–H groups in total. The Labute approximate surface area is 179 Å². The van der Waals surface area contributed by atoms with Gasteiger partial charge in [0.25, 0.3) is 5.91 Å². The largest absolute Gasteiger partial charge is 0.367 e. The Kier molecular flexibility index (Phi) is 4.69. The number of benzene rings is 1. The van der Waals surface area contributed by atoms with Crippen molar-refractivity contribution in [2.75, 3.05) is 10.6 Å². The minimum absolute atomic E-state index is 0.0727. The van der Waals surface area contributed by atoms with Crippen LogP contribution < -0.4 is 16.0 Å². The molecule has 3 aromatic rings. The van der Waals surface area contributed by atoms with Crippen molar-refractivity contribution in [3.05, 3.63) is 53.2 Å². The zero-order valence-corrected chi connectivity index (χ0v) is 17.5. The Hall–Kier alpha value is -3.68. The van der Waals surface area contributed by atoms with Crippen LogP contribution in [0.5, 0.6) is 0 Å². The molecule has 8 nitrogen and oxygen atoms in total. The predicted octanol–water partition coefficient (Wildman–Crippen LogP) is 3.60. The molecule has 1 aromatic carbocycles. The number of imide groups is 1. The highest BCUT2D eigenvalue weighted by atomic mass is 16.2. The summed E-state index contributed by atoms with van der Waals surface area (Å²) >= 11 is 0. The molecule has 1 aliphatic heterocycles. The fourth-order valence-corrected chi connectivity index (χ4v) is 3.62. The first-order chi connectivity index (χ1) is 15.0. The summed E-state index contributed by atoms with van der Waals surface area (Å²) < 4.78 is 1.75. The van der Waals surface area contributed by atoms with Gasteiger partial charge >= 0.3 is 0 Å². The molecule has 0 radical (unpaired) electrons. The topological polar surface area (TPSA) is 100 Å². The molecule has 8 heteroatoms. The van der Waals surface area contributed by atoms with E-state index in [2.05, 4.69) is 47.0 Å². The van der Waals surface area contributed by atoms with Crippen molar-refractivity contribution < 1.29 is 9.59 Å². The van der Waals surface area contributed by atoms with Crippen LogP contribution in [0.3, 0.4) is 0 Å². The molecule has 2 fully saturated rings. The lowest BCUT2D eigenvalue weighted by Crippen LogP contribution is -2.19. The number of nitrogens with one attached hydrogen (secondary N) is 3. The van der Waals surface area contributed by atoms with Crippen LogP contribution in [-0.4, -0.2) is 32.5 Å². The van der Waals surface area contributed by atoms with Gasteiger partial charge in [-0.3, -0.25) is 14.9 Å². The Morgan fingerprint density at radius 3 is 2.77 bits per heavy atom. The third-order valence-corrected chi connectivity index (χ3v) is 5.48. The number of hydrogen-bond acceptors (Lipinski definition) is 6. The van der Waals surface area contributed by atoms with Crippen LogP contribution in [0.1, 0.15) is 50.2 Å². The smallest absolute Gasteiger partial charge is 0.254 e. The average molecular weight is 416 g/mol. The molecule has 1 saturated heterocycles. The van der Waals surface area contributed by atoms with Crippen molar-refractivity contribution in [1.29, 1.82) is 0 Å². The molecule has 2 aromatic heterocycles. The van der Waals surface area contributed by atoms with Crippen LogP contribution in [0.25, 0.3) is 11.7 Å². The van der Waals surface area contributed by atoms with Crippen LogP contribution in [-0.2, 0) is 9.59 Å². The van der Waals surface area contributed by atoms with Gasteiger partial charge in [-0.05, 0) is 42.5 Å².